The van der Waals surface area contributed by atoms with E-state index in [1.165, 1.54) is 0 Å². The van der Waals surface area contributed by atoms with Crippen LogP contribution in [-0.4, -0.2) is 18.3 Å². The van der Waals surface area contributed by atoms with Crippen LogP contribution >= 0.6 is 0 Å². The summed E-state index contributed by atoms with van der Waals surface area (Å²) < 4.78 is 5.66. The smallest absolute Gasteiger partial charge is 0.125 e. The minimum absolute atomic E-state index is 0.213. The molecule has 0 fully saturated rings. The Kier molecular flexibility index (Phi) is 5.29. The molecule has 0 aromatic heterocycles. The quantitative estimate of drug-likeness (QED) is 0.776. The van der Waals surface area contributed by atoms with Gasteiger partial charge in [-0.25, -0.2) is 0 Å². The topological polar surface area (TPSA) is 55.5 Å². The van der Waals surface area contributed by atoms with Gasteiger partial charge in [0.2, 0.25) is 0 Å². The Balaban J connectivity index is 2.64. The van der Waals surface area contributed by atoms with Crippen LogP contribution in [0.3, 0.4) is 0 Å². The van der Waals surface area contributed by atoms with Crippen molar-refractivity contribution in [2.75, 3.05) is 13.2 Å². The molecule has 1 rings (SSSR count). The summed E-state index contributed by atoms with van der Waals surface area (Å²) in [4.78, 5) is 0. The molecule has 0 heterocycles. The molecule has 1 atom stereocenters. The van der Waals surface area contributed by atoms with Crippen LogP contribution in [0.25, 0.3) is 0 Å². The fourth-order valence-corrected chi connectivity index (χ4v) is 1.42. The van der Waals surface area contributed by atoms with Gasteiger partial charge in [-0.05, 0) is 18.4 Å². The summed E-state index contributed by atoms with van der Waals surface area (Å²) in [5.41, 5.74) is 6.22. The van der Waals surface area contributed by atoms with Crippen molar-refractivity contribution in [1.82, 2.24) is 0 Å². The fourth-order valence-electron chi connectivity index (χ4n) is 1.42. The highest BCUT2D eigenvalue weighted by atomic mass is 16.5. The van der Waals surface area contributed by atoms with Crippen molar-refractivity contribution < 1.29 is 9.84 Å². The molecule has 0 aliphatic heterocycles. The Morgan fingerprint density at radius 2 is 2.00 bits per heavy atom. The third-order valence-corrected chi connectivity index (χ3v) is 2.45. The van der Waals surface area contributed by atoms with Gasteiger partial charge in [-0.3, -0.25) is 0 Å². The first kappa shape index (κ1) is 13.0. The average Bonchev–Trinajstić information content (AvgIpc) is 2.28. The maximum Gasteiger partial charge on any atom is 0.125 e. The van der Waals surface area contributed by atoms with Crippen molar-refractivity contribution in [2.45, 2.75) is 26.4 Å². The lowest BCUT2D eigenvalue weighted by Crippen LogP contribution is -2.13. The van der Waals surface area contributed by atoms with Crippen LogP contribution in [0.1, 0.15) is 31.9 Å². The summed E-state index contributed by atoms with van der Waals surface area (Å²) in [7, 11) is 0. The number of aliphatic hydroxyl groups is 1. The third-order valence-electron chi connectivity index (χ3n) is 2.45. The largest absolute Gasteiger partial charge is 0.493 e. The van der Waals surface area contributed by atoms with Gasteiger partial charge in [-0.2, -0.15) is 0 Å². The molecule has 0 saturated carbocycles. The molecule has 0 amide bonds. The normalized spacial score (nSPS) is 12.8. The number of hydrogen-bond acceptors (Lipinski definition) is 3. The van der Waals surface area contributed by atoms with Gasteiger partial charge < -0.3 is 15.6 Å². The van der Waals surface area contributed by atoms with E-state index < -0.39 is 6.10 Å². The first-order valence-electron chi connectivity index (χ1n) is 5.75. The molecule has 0 unspecified atom stereocenters. The summed E-state index contributed by atoms with van der Waals surface area (Å²) in [6.07, 6.45) is 0.364. The van der Waals surface area contributed by atoms with E-state index in [0.29, 0.717) is 12.5 Å². The van der Waals surface area contributed by atoms with Gasteiger partial charge in [0.25, 0.3) is 0 Å². The van der Waals surface area contributed by atoms with Crippen LogP contribution in [0.5, 0.6) is 5.75 Å². The Labute approximate surface area is 97.2 Å². The van der Waals surface area contributed by atoms with E-state index in [-0.39, 0.29) is 6.54 Å². The molecule has 3 nitrogen and oxygen atoms in total. The number of para-hydroxylation sites is 1. The lowest BCUT2D eigenvalue weighted by Gasteiger charge is -2.15. The van der Waals surface area contributed by atoms with Crippen LogP contribution in [0, 0.1) is 5.92 Å². The van der Waals surface area contributed by atoms with Crippen molar-refractivity contribution >= 4 is 0 Å². The van der Waals surface area contributed by atoms with Crippen molar-refractivity contribution in [3.8, 4) is 5.75 Å². The van der Waals surface area contributed by atoms with Crippen molar-refractivity contribution in [2.24, 2.45) is 11.7 Å². The molecule has 0 bridgehead atoms. The molecule has 0 aliphatic carbocycles. The summed E-state index contributed by atoms with van der Waals surface area (Å²) in [6, 6.07) is 7.50. The third kappa shape index (κ3) is 3.83. The molecule has 0 radical (unpaired) electrons. The highest BCUT2D eigenvalue weighted by Gasteiger charge is 2.11. The molecule has 1 aromatic rings. The Morgan fingerprint density at radius 3 is 2.62 bits per heavy atom. The van der Waals surface area contributed by atoms with Crippen molar-refractivity contribution in [3.05, 3.63) is 29.8 Å². The molecule has 0 saturated heterocycles. The van der Waals surface area contributed by atoms with E-state index in [1.54, 1.807) is 0 Å². The molecule has 3 N–H and O–H groups in total. The van der Waals surface area contributed by atoms with Gasteiger partial charge in [-0.1, -0.05) is 32.0 Å². The average molecular weight is 223 g/mol. The zero-order valence-corrected chi connectivity index (χ0v) is 10.0. The molecular weight excluding hydrogens is 202 g/mol. The monoisotopic (exact) mass is 223 g/mol. The minimum atomic E-state index is -0.643. The highest BCUT2D eigenvalue weighted by Crippen LogP contribution is 2.24. The second-order valence-corrected chi connectivity index (χ2v) is 4.32. The van der Waals surface area contributed by atoms with E-state index in [0.717, 1.165) is 17.7 Å². The van der Waals surface area contributed by atoms with E-state index in [1.807, 2.05) is 24.3 Å². The van der Waals surface area contributed by atoms with Gasteiger partial charge in [0.1, 0.15) is 5.75 Å². The lowest BCUT2D eigenvalue weighted by molar-refractivity contribution is 0.178. The van der Waals surface area contributed by atoms with Gasteiger partial charge in [0.05, 0.1) is 12.7 Å². The van der Waals surface area contributed by atoms with Gasteiger partial charge >= 0.3 is 0 Å². The second kappa shape index (κ2) is 6.51. The predicted molar refractivity (Wildman–Crippen MR) is 65.4 cm³/mol. The van der Waals surface area contributed by atoms with Crippen LogP contribution in [0.4, 0.5) is 0 Å². The Bertz CT molecular complexity index is 313. The van der Waals surface area contributed by atoms with E-state index in [9.17, 15) is 5.11 Å². The maximum absolute atomic E-state index is 9.71. The van der Waals surface area contributed by atoms with E-state index >= 15 is 0 Å². The zero-order valence-electron chi connectivity index (χ0n) is 10.0. The zero-order chi connectivity index (χ0) is 12.0. The Morgan fingerprint density at radius 1 is 1.31 bits per heavy atom. The number of rotatable bonds is 6. The summed E-state index contributed by atoms with van der Waals surface area (Å²) in [5, 5.41) is 9.71. The number of ether oxygens (including phenoxy) is 1. The van der Waals surface area contributed by atoms with Crippen LogP contribution in [0.2, 0.25) is 0 Å². The van der Waals surface area contributed by atoms with Gasteiger partial charge in [0, 0.05) is 12.1 Å². The maximum atomic E-state index is 9.71. The SMILES string of the molecule is CC(C)CCOc1ccccc1[C@H](O)CN. The molecular formula is C13H21NO2. The fraction of sp³-hybridized carbons (Fsp3) is 0.538. The second-order valence-electron chi connectivity index (χ2n) is 4.32. The molecule has 16 heavy (non-hydrogen) atoms. The van der Waals surface area contributed by atoms with E-state index in [2.05, 4.69) is 13.8 Å². The van der Waals surface area contributed by atoms with Crippen molar-refractivity contribution in [1.29, 1.82) is 0 Å². The predicted octanol–water partition coefficient (Wildman–Crippen LogP) is 2.10. The van der Waals surface area contributed by atoms with Crippen LogP contribution in [-0.2, 0) is 0 Å². The lowest BCUT2D eigenvalue weighted by atomic mass is 10.1. The molecule has 0 spiro atoms. The number of aliphatic hydroxyl groups excluding tert-OH is 1. The minimum Gasteiger partial charge on any atom is -0.493 e. The first-order chi connectivity index (χ1) is 7.65. The highest BCUT2D eigenvalue weighted by molar-refractivity contribution is 5.35. The van der Waals surface area contributed by atoms with Gasteiger partial charge in [-0.15, -0.1) is 0 Å². The molecule has 90 valence electrons. The Hall–Kier alpha value is -1.06. The van der Waals surface area contributed by atoms with E-state index in [4.69, 9.17) is 10.5 Å². The number of benzene rings is 1. The summed E-state index contributed by atoms with van der Waals surface area (Å²) in [6.45, 7) is 5.20. The van der Waals surface area contributed by atoms with Crippen molar-refractivity contribution in [3.63, 3.8) is 0 Å². The van der Waals surface area contributed by atoms with Crippen LogP contribution < -0.4 is 10.5 Å². The summed E-state index contributed by atoms with van der Waals surface area (Å²) >= 11 is 0. The molecule has 3 heteroatoms. The standard InChI is InChI=1S/C13H21NO2/c1-10(2)7-8-16-13-6-4-3-5-11(13)12(15)9-14/h3-6,10,12,15H,7-9,14H2,1-2H3/t12-/m1/s1. The molecule has 1 aromatic carbocycles. The molecule has 0 aliphatic rings. The van der Waals surface area contributed by atoms with Crippen LogP contribution in [0.15, 0.2) is 24.3 Å². The first-order valence-corrected chi connectivity index (χ1v) is 5.75. The summed E-state index contributed by atoms with van der Waals surface area (Å²) in [5.74, 6) is 1.35. The number of hydrogen-bond donors (Lipinski definition) is 2. The van der Waals surface area contributed by atoms with Gasteiger partial charge in [0.15, 0.2) is 0 Å². The number of nitrogens with two attached hydrogens (primary N) is 1.